The smallest absolute Gasteiger partial charge is 0.334 e. The molecule has 92 valence electrons. The molecule has 0 saturated heterocycles. The van der Waals surface area contributed by atoms with Crippen molar-refractivity contribution in [2.45, 2.75) is 12.5 Å². The lowest BCUT2D eigenvalue weighted by Crippen LogP contribution is -2.45. The zero-order chi connectivity index (χ0) is 13.2. The van der Waals surface area contributed by atoms with Gasteiger partial charge in [0.25, 0.3) is 5.56 Å². The number of hydrogen-bond donors (Lipinski definition) is 1. The number of carboxylic acid groups (broad SMARTS) is 1. The first-order valence-electron chi connectivity index (χ1n) is 5.39. The molecule has 1 N–H and O–H groups in total. The van der Waals surface area contributed by atoms with E-state index in [4.69, 9.17) is 0 Å². The molecular formula is C13H12N2O3. The monoisotopic (exact) mass is 244 g/mol. The van der Waals surface area contributed by atoms with Crippen molar-refractivity contribution in [3.63, 3.8) is 0 Å². The van der Waals surface area contributed by atoms with Gasteiger partial charge < -0.3 is 5.11 Å². The topological polar surface area (TPSA) is 72.2 Å². The summed E-state index contributed by atoms with van der Waals surface area (Å²) in [5.41, 5.74) is -1.39. The molecule has 0 fully saturated rings. The Bertz CT molecular complexity index is 621. The molecule has 5 nitrogen and oxygen atoms in total. The van der Waals surface area contributed by atoms with E-state index in [0.29, 0.717) is 5.56 Å². The molecule has 2 rings (SSSR count). The summed E-state index contributed by atoms with van der Waals surface area (Å²) < 4.78 is 1.19. The molecule has 2 heterocycles. The van der Waals surface area contributed by atoms with Gasteiger partial charge in [-0.15, -0.1) is 0 Å². The molecule has 5 heteroatoms. The molecule has 2 aromatic heterocycles. The van der Waals surface area contributed by atoms with Gasteiger partial charge in [0, 0.05) is 30.2 Å². The third kappa shape index (κ3) is 1.79. The molecular weight excluding hydrogens is 232 g/mol. The van der Waals surface area contributed by atoms with Crippen LogP contribution in [-0.2, 0) is 10.3 Å². The molecule has 0 aromatic carbocycles. The summed E-state index contributed by atoms with van der Waals surface area (Å²) in [7, 11) is 0. The summed E-state index contributed by atoms with van der Waals surface area (Å²) in [5.74, 6) is -1.11. The van der Waals surface area contributed by atoms with Crippen LogP contribution in [0.5, 0.6) is 0 Å². The predicted molar refractivity (Wildman–Crippen MR) is 65.3 cm³/mol. The maximum Gasteiger partial charge on any atom is 0.334 e. The van der Waals surface area contributed by atoms with Gasteiger partial charge in [0.05, 0.1) is 0 Å². The standard InChI is InChI=1S/C13H12N2O3/c1-13(12(17)18,10-5-4-7-14-9-10)15-8-3-2-6-11(15)16/h2-9H,1H3,(H,17,18). The minimum Gasteiger partial charge on any atom is -0.479 e. The van der Waals surface area contributed by atoms with Gasteiger partial charge in [0.15, 0.2) is 5.54 Å². The van der Waals surface area contributed by atoms with Crippen molar-refractivity contribution in [3.8, 4) is 0 Å². The van der Waals surface area contributed by atoms with E-state index in [1.165, 1.54) is 30.0 Å². The summed E-state index contributed by atoms with van der Waals surface area (Å²) in [6.07, 6.45) is 4.47. The van der Waals surface area contributed by atoms with Gasteiger partial charge in [-0.25, -0.2) is 4.79 Å². The highest BCUT2D eigenvalue weighted by atomic mass is 16.4. The molecule has 0 spiro atoms. The van der Waals surface area contributed by atoms with Crippen LogP contribution in [0.25, 0.3) is 0 Å². The highest BCUT2D eigenvalue weighted by Crippen LogP contribution is 2.24. The van der Waals surface area contributed by atoms with E-state index in [1.807, 2.05) is 0 Å². The zero-order valence-electron chi connectivity index (χ0n) is 9.78. The minimum absolute atomic E-state index is 0.369. The molecule has 0 amide bonds. The van der Waals surface area contributed by atoms with E-state index < -0.39 is 11.5 Å². The Kier molecular flexibility index (Phi) is 2.97. The van der Waals surface area contributed by atoms with Crippen LogP contribution < -0.4 is 5.56 Å². The first-order valence-corrected chi connectivity index (χ1v) is 5.39. The second-order valence-corrected chi connectivity index (χ2v) is 4.03. The van der Waals surface area contributed by atoms with Crippen molar-refractivity contribution in [3.05, 3.63) is 64.8 Å². The van der Waals surface area contributed by atoms with E-state index >= 15 is 0 Å². The molecule has 18 heavy (non-hydrogen) atoms. The second-order valence-electron chi connectivity index (χ2n) is 4.03. The van der Waals surface area contributed by atoms with E-state index in [0.717, 1.165) is 0 Å². The number of aliphatic carboxylic acids is 1. The zero-order valence-corrected chi connectivity index (χ0v) is 9.78. The largest absolute Gasteiger partial charge is 0.479 e. The van der Waals surface area contributed by atoms with E-state index in [2.05, 4.69) is 4.98 Å². The predicted octanol–water partition coefficient (Wildman–Crippen LogP) is 1.09. The van der Waals surface area contributed by atoms with Gasteiger partial charge in [-0.2, -0.15) is 0 Å². The number of hydrogen-bond acceptors (Lipinski definition) is 3. The average Bonchev–Trinajstić information content (AvgIpc) is 2.39. The fraction of sp³-hybridized carbons (Fsp3) is 0.154. The van der Waals surface area contributed by atoms with Crippen LogP contribution in [0.4, 0.5) is 0 Å². The summed E-state index contributed by atoms with van der Waals surface area (Å²) in [6, 6.07) is 7.81. The van der Waals surface area contributed by atoms with Crippen molar-refractivity contribution in [1.29, 1.82) is 0 Å². The Labute approximate surface area is 103 Å². The molecule has 0 aliphatic rings. The van der Waals surface area contributed by atoms with E-state index in [1.54, 1.807) is 30.5 Å². The maximum absolute atomic E-state index is 11.8. The number of pyridine rings is 2. The Balaban J connectivity index is 2.71. The van der Waals surface area contributed by atoms with Crippen LogP contribution in [0.3, 0.4) is 0 Å². The second kappa shape index (κ2) is 4.44. The van der Waals surface area contributed by atoms with Gasteiger partial charge in [-0.05, 0) is 19.1 Å². The summed E-state index contributed by atoms with van der Waals surface area (Å²) in [6.45, 7) is 1.48. The van der Waals surface area contributed by atoms with Crippen molar-refractivity contribution in [2.75, 3.05) is 0 Å². The van der Waals surface area contributed by atoms with Crippen LogP contribution in [0.1, 0.15) is 12.5 Å². The van der Waals surface area contributed by atoms with Crippen molar-refractivity contribution < 1.29 is 9.90 Å². The lowest BCUT2D eigenvalue weighted by Gasteiger charge is -2.27. The van der Waals surface area contributed by atoms with Crippen LogP contribution in [0.15, 0.2) is 53.7 Å². The SMILES string of the molecule is CC(C(=O)O)(c1cccnc1)n1ccccc1=O. The molecule has 0 saturated carbocycles. The number of rotatable bonds is 3. The van der Waals surface area contributed by atoms with Crippen LogP contribution in [0.2, 0.25) is 0 Å². The average molecular weight is 244 g/mol. The first kappa shape index (κ1) is 12.0. The van der Waals surface area contributed by atoms with Gasteiger partial charge >= 0.3 is 5.97 Å². The van der Waals surface area contributed by atoms with Crippen LogP contribution in [0, 0.1) is 0 Å². The highest BCUT2D eigenvalue weighted by molar-refractivity contribution is 5.80. The fourth-order valence-corrected chi connectivity index (χ4v) is 1.81. The normalized spacial score (nSPS) is 13.8. The molecule has 0 bridgehead atoms. The number of carboxylic acids is 1. The quantitative estimate of drug-likeness (QED) is 0.877. The molecule has 0 aliphatic heterocycles. The Morgan fingerprint density at radius 1 is 1.33 bits per heavy atom. The van der Waals surface area contributed by atoms with Crippen LogP contribution in [-0.4, -0.2) is 20.6 Å². The molecule has 0 aliphatic carbocycles. The van der Waals surface area contributed by atoms with Gasteiger partial charge in [0.2, 0.25) is 0 Å². The lowest BCUT2D eigenvalue weighted by molar-refractivity contribution is -0.144. The van der Waals surface area contributed by atoms with E-state index in [9.17, 15) is 14.7 Å². The van der Waals surface area contributed by atoms with Crippen molar-refractivity contribution in [2.24, 2.45) is 0 Å². The molecule has 1 atom stereocenters. The van der Waals surface area contributed by atoms with E-state index in [-0.39, 0.29) is 5.56 Å². The lowest BCUT2D eigenvalue weighted by atomic mass is 9.93. The highest BCUT2D eigenvalue weighted by Gasteiger charge is 2.38. The molecule has 0 radical (unpaired) electrons. The van der Waals surface area contributed by atoms with Crippen molar-refractivity contribution in [1.82, 2.24) is 9.55 Å². The number of nitrogens with zero attached hydrogens (tertiary/aromatic N) is 2. The molecule has 1 unspecified atom stereocenters. The summed E-state index contributed by atoms with van der Waals surface area (Å²) in [5, 5.41) is 9.48. The van der Waals surface area contributed by atoms with Gasteiger partial charge in [-0.1, -0.05) is 12.1 Å². The first-order chi connectivity index (χ1) is 8.56. The number of carbonyl (C=O) groups is 1. The van der Waals surface area contributed by atoms with Gasteiger partial charge in [0.1, 0.15) is 0 Å². The Hall–Kier alpha value is -2.43. The Morgan fingerprint density at radius 2 is 2.11 bits per heavy atom. The van der Waals surface area contributed by atoms with Gasteiger partial charge in [-0.3, -0.25) is 14.3 Å². The number of aromatic nitrogens is 2. The summed E-state index contributed by atoms with van der Waals surface area (Å²) in [4.78, 5) is 27.3. The third-order valence-electron chi connectivity index (χ3n) is 2.94. The maximum atomic E-state index is 11.8. The van der Waals surface area contributed by atoms with Crippen molar-refractivity contribution >= 4 is 5.97 Å². The fourth-order valence-electron chi connectivity index (χ4n) is 1.81. The van der Waals surface area contributed by atoms with Crippen LogP contribution >= 0.6 is 0 Å². The Morgan fingerprint density at radius 3 is 2.67 bits per heavy atom. The summed E-state index contributed by atoms with van der Waals surface area (Å²) >= 11 is 0. The third-order valence-corrected chi connectivity index (χ3v) is 2.94. The molecule has 2 aromatic rings. The minimum atomic E-state index is -1.47.